The molecule has 0 saturated heterocycles. The summed E-state index contributed by atoms with van der Waals surface area (Å²) in [4.78, 5) is 24.6. The summed E-state index contributed by atoms with van der Waals surface area (Å²) in [6.07, 6.45) is 0.459. The van der Waals surface area contributed by atoms with Crippen molar-refractivity contribution in [3.05, 3.63) is 40.3 Å². The van der Waals surface area contributed by atoms with Gasteiger partial charge in [-0.3, -0.25) is 15.1 Å². The number of ether oxygens (including phenoxy) is 1. The van der Waals surface area contributed by atoms with Crippen LogP contribution in [0.2, 0.25) is 0 Å². The van der Waals surface area contributed by atoms with Crippen molar-refractivity contribution in [3.8, 4) is 0 Å². The van der Waals surface area contributed by atoms with E-state index in [1.54, 1.807) is 0 Å². The SMILES string of the molecule is NC(=O)OCCNc1c(F)cc([N+](=O)[O-])c2cccnc12. The van der Waals surface area contributed by atoms with Gasteiger partial charge in [0.1, 0.15) is 12.1 Å². The van der Waals surface area contributed by atoms with Gasteiger partial charge in [-0.2, -0.15) is 0 Å². The van der Waals surface area contributed by atoms with E-state index in [2.05, 4.69) is 15.0 Å². The number of nitrogens with zero attached hydrogens (tertiary/aromatic N) is 2. The number of fused-ring (bicyclic) bond motifs is 1. The number of non-ortho nitro benzene ring substituents is 1. The van der Waals surface area contributed by atoms with Crippen molar-refractivity contribution in [2.75, 3.05) is 18.5 Å². The summed E-state index contributed by atoms with van der Waals surface area (Å²) < 4.78 is 18.5. The Morgan fingerprint density at radius 3 is 3.00 bits per heavy atom. The summed E-state index contributed by atoms with van der Waals surface area (Å²) in [5.41, 5.74) is 4.56. The average molecular weight is 294 g/mol. The number of aromatic nitrogens is 1. The maximum absolute atomic E-state index is 14.0. The van der Waals surface area contributed by atoms with Crippen LogP contribution in [0.25, 0.3) is 10.9 Å². The number of pyridine rings is 1. The molecule has 3 N–H and O–H groups in total. The topological polar surface area (TPSA) is 120 Å². The van der Waals surface area contributed by atoms with E-state index >= 15 is 0 Å². The van der Waals surface area contributed by atoms with E-state index in [9.17, 15) is 19.3 Å². The van der Waals surface area contributed by atoms with Gasteiger partial charge in [0.05, 0.1) is 22.1 Å². The molecule has 0 aliphatic carbocycles. The molecule has 8 nitrogen and oxygen atoms in total. The zero-order valence-corrected chi connectivity index (χ0v) is 10.7. The highest BCUT2D eigenvalue weighted by Crippen LogP contribution is 2.32. The van der Waals surface area contributed by atoms with E-state index in [1.165, 1.54) is 18.3 Å². The number of hydrogen-bond acceptors (Lipinski definition) is 6. The Kier molecular flexibility index (Phi) is 4.12. The molecule has 0 spiro atoms. The Morgan fingerprint density at radius 1 is 1.57 bits per heavy atom. The molecule has 1 amide bonds. The van der Waals surface area contributed by atoms with Crippen LogP contribution in [0.15, 0.2) is 24.4 Å². The van der Waals surface area contributed by atoms with Gasteiger partial charge in [0, 0.05) is 12.7 Å². The molecular weight excluding hydrogens is 283 g/mol. The Hall–Kier alpha value is -2.97. The lowest BCUT2D eigenvalue weighted by Gasteiger charge is -2.10. The smallest absolute Gasteiger partial charge is 0.404 e. The minimum Gasteiger partial charge on any atom is -0.448 e. The molecule has 0 aliphatic heterocycles. The molecule has 110 valence electrons. The third-order valence-corrected chi connectivity index (χ3v) is 2.67. The number of nitro benzene ring substituents is 1. The molecule has 2 aromatic rings. The molecule has 0 saturated carbocycles. The lowest BCUT2D eigenvalue weighted by Crippen LogP contribution is -2.18. The molecule has 1 aromatic heterocycles. The number of nitro groups is 1. The van der Waals surface area contributed by atoms with Crippen molar-refractivity contribution in [1.29, 1.82) is 0 Å². The largest absolute Gasteiger partial charge is 0.448 e. The van der Waals surface area contributed by atoms with Crippen LogP contribution in [0.5, 0.6) is 0 Å². The molecular formula is C12H11FN4O4. The number of nitrogens with one attached hydrogen (secondary N) is 1. The first-order valence-corrected chi connectivity index (χ1v) is 5.88. The average Bonchev–Trinajstić information content (AvgIpc) is 2.44. The minimum absolute atomic E-state index is 0.00395. The molecule has 1 heterocycles. The Balaban J connectivity index is 2.35. The minimum atomic E-state index is -0.941. The van der Waals surface area contributed by atoms with Crippen LogP contribution in [0.4, 0.5) is 20.6 Å². The molecule has 0 unspecified atom stereocenters. The molecule has 1 aromatic carbocycles. The quantitative estimate of drug-likeness (QED) is 0.492. The second kappa shape index (κ2) is 5.99. The van der Waals surface area contributed by atoms with Gasteiger partial charge < -0.3 is 15.8 Å². The predicted octanol–water partition coefficient (Wildman–Crippen LogP) is 1.79. The standard InChI is InChI=1S/C12H11FN4O4/c13-8-6-9(17(19)20)7-2-1-3-15-10(7)11(8)16-4-5-21-12(14)18/h1-3,6,16H,4-5H2,(H2,14,18). The Bertz CT molecular complexity index is 707. The number of rotatable bonds is 5. The number of carbonyl (C=O) groups is 1. The van der Waals surface area contributed by atoms with E-state index in [0.717, 1.165) is 6.07 Å². The monoisotopic (exact) mass is 294 g/mol. The summed E-state index contributed by atoms with van der Waals surface area (Å²) in [5, 5.41) is 13.8. The maximum atomic E-state index is 14.0. The van der Waals surface area contributed by atoms with E-state index in [0.29, 0.717) is 0 Å². The van der Waals surface area contributed by atoms with Crippen molar-refractivity contribution >= 4 is 28.4 Å². The molecule has 21 heavy (non-hydrogen) atoms. The van der Waals surface area contributed by atoms with Crippen LogP contribution in [0, 0.1) is 15.9 Å². The molecule has 9 heteroatoms. The van der Waals surface area contributed by atoms with Gasteiger partial charge in [-0.05, 0) is 12.1 Å². The second-order valence-electron chi connectivity index (χ2n) is 4.00. The van der Waals surface area contributed by atoms with Crippen molar-refractivity contribution in [1.82, 2.24) is 4.98 Å². The number of halogens is 1. The third kappa shape index (κ3) is 3.14. The molecule has 0 aliphatic rings. The van der Waals surface area contributed by atoms with Gasteiger partial charge in [0.25, 0.3) is 5.69 Å². The lowest BCUT2D eigenvalue weighted by atomic mass is 10.1. The number of anilines is 1. The number of benzene rings is 1. The lowest BCUT2D eigenvalue weighted by molar-refractivity contribution is -0.383. The van der Waals surface area contributed by atoms with E-state index in [4.69, 9.17) is 5.73 Å². The van der Waals surface area contributed by atoms with Crippen molar-refractivity contribution in [3.63, 3.8) is 0 Å². The first-order valence-electron chi connectivity index (χ1n) is 5.88. The van der Waals surface area contributed by atoms with Crippen molar-refractivity contribution < 1.29 is 18.8 Å². The van der Waals surface area contributed by atoms with E-state index in [-0.39, 0.29) is 35.4 Å². The van der Waals surface area contributed by atoms with Crippen LogP contribution in [-0.2, 0) is 4.74 Å². The van der Waals surface area contributed by atoms with Gasteiger partial charge in [-0.25, -0.2) is 9.18 Å². The first-order chi connectivity index (χ1) is 10.0. The number of amides is 1. The fourth-order valence-corrected chi connectivity index (χ4v) is 1.84. The highest BCUT2D eigenvalue weighted by atomic mass is 19.1. The van der Waals surface area contributed by atoms with Crippen LogP contribution in [0.1, 0.15) is 0 Å². The molecule has 0 atom stereocenters. The first kappa shape index (κ1) is 14.4. The van der Waals surface area contributed by atoms with Gasteiger partial charge in [-0.1, -0.05) is 0 Å². The zero-order valence-electron chi connectivity index (χ0n) is 10.7. The van der Waals surface area contributed by atoms with Crippen LogP contribution in [-0.4, -0.2) is 29.2 Å². The van der Waals surface area contributed by atoms with Crippen LogP contribution < -0.4 is 11.1 Å². The van der Waals surface area contributed by atoms with E-state index in [1.807, 2.05) is 0 Å². The van der Waals surface area contributed by atoms with Crippen LogP contribution >= 0.6 is 0 Å². The van der Waals surface area contributed by atoms with Gasteiger partial charge >= 0.3 is 6.09 Å². The fourth-order valence-electron chi connectivity index (χ4n) is 1.84. The highest BCUT2D eigenvalue weighted by molar-refractivity contribution is 5.97. The van der Waals surface area contributed by atoms with Gasteiger partial charge in [-0.15, -0.1) is 0 Å². The Labute approximate surface area is 117 Å². The summed E-state index contributed by atoms with van der Waals surface area (Å²) in [5.74, 6) is -0.813. The third-order valence-electron chi connectivity index (χ3n) is 2.67. The number of hydrogen-bond donors (Lipinski definition) is 2. The number of primary amides is 1. The van der Waals surface area contributed by atoms with Crippen molar-refractivity contribution in [2.45, 2.75) is 0 Å². The summed E-state index contributed by atoms with van der Waals surface area (Å²) in [7, 11) is 0. The molecule has 2 rings (SSSR count). The molecule has 0 fully saturated rings. The van der Waals surface area contributed by atoms with Gasteiger partial charge in [0.15, 0.2) is 5.82 Å². The predicted molar refractivity (Wildman–Crippen MR) is 72.4 cm³/mol. The van der Waals surface area contributed by atoms with Crippen LogP contribution in [0.3, 0.4) is 0 Å². The second-order valence-corrected chi connectivity index (χ2v) is 4.00. The van der Waals surface area contributed by atoms with Crippen molar-refractivity contribution in [2.24, 2.45) is 5.73 Å². The number of nitrogens with two attached hydrogens (primary N) is 1. The maximum Gasteiger partial charge on any atom is 0.404 e. The fraction of sp³-hybridized carbons (Fsp3) is 0.167. The summed E-state index contributed by atoms with van der Waals surface area (Å²) in [6.45, 7) is 0.0173. The summed E-state index contributed by atoms with van der Waals surface area (Å²) >= 11 is 0. The highest BCUT2D eigenvalue weighted by Gasteiger charge is 2.19. The molecule has 0 bridgehead atoms. The van der Waals surface area contributed by atoms with E-state index < -0.39 is 16.8 Å². The summed E-state index contributed by atoms with van der Waals surface area (Å²) in [6, 6.07) is 3.82. The normalized spacial score (nSPS) is 10.3. The molecule has 0 radical (unpaired) electrons. The van der Waals surface area contributed by atoms with Gasteiger partial charge in [0.2, 0.25) is 0 Å². The Morgan fingerprint density at radius 2 is 2.33 bits per heavy atom. The zero-order chi connectivity index (χ0) is 15.4. The number of carbonyl (C=O) groups excluding carboxylic acids is 1.